The second-order valence-corrected chi connectivity index (χ2v) is 18.9. The summed E-state index contributed by atoms with van der Waals surface area (Å²) < 4.78 is 0. The predicted octanol–water partition coefficient (Wildman–Crippen LogP) is 13.4. The Kier molecular flexibility index (Phi) is 444. The number of benzene rings is 3. The molecule has 684 valence electrons. The van der Waals surface area contributed by atoms with Gasteiger partial charge in [0.05, 0.1) is 0 Å². The lowest BCUT2D eigenvalue weighted by Gasteiger charge is -2.31. The molecule has 29 nitrogen and oxygen atoms in total. The molecule has 0 spiro atoms. The molecule has 0 unspecified atom stereocenters. The van der Waals surface area contributed by atoms with Gasteiger partial charge in [-0.15, -0.1) is 0 Å². The van der Waals surface area contributed by atoms with Crippen LogP contribution in [0.4, 0.5) is 0 Å². The van der Waals surface area contributed by atoms with Crippen LogP contribution in [0, 0.1) is 23.7 Å². The van der Waals surface area contributed by atoms with Gasteiger partial charge in [-0.2, -0.15) is 0 Å². The molecule has 3 aromatic rings. The maximum atomic E-state index is 12.8. The van der Waals surface area contributed by atoms with E-state index in [9.17, 15) is 14.4 Å². The Morgan fingerprint density at radius 2 is 0.545 bits per heavy atom. The van der Waals surface area contributed by atoms with Crippen molar-refractivity contribution in [2.75, 3.05) is 69.5 Å². The van der Waals surface area contributed by atoms with E-state index in [-0.39, 0.29) is 48.4 Å². The highest BCUT2D eigenvalue weighted by atomic mass is 16.3. The molecule has 1 aliphatic heterocycles. The van der Waals surface area contributed by atoms with Crippen LogP contribution in [0.3, 0.4) is 0 Å². The largest absolute Gasteiger partial charge is 0.394 e. The van der Waals surface area contributed by atoms with Crippen molar-refractivity contribution in [2.24, 2.45) is 63.8 Å². The first-order chi connectivity index (χ1) is 52.1. The number of carbonyl (C=O) groups excluding carboxylic acids is 14. The van der Waals surface area contributed by atoms with Gasteiger partial charge in [-0.05, 0) is 143 Å². The highest BCUT2D eigenvalue weighted by Crippen LogP contribution is 2.12. The summed E-state index contributed by atoms with van der Waals surface area (Å²) in [4.78, 5) is 128. The van der Waals surface area contributed by atoms with Crippen molar-refractivity contribution >= 4 is 92.4 Å². The number of likely N-dealkylation sites (N-methyl/N-ethyl adjacent to an activating group) is 1. The number of aliphatic hydroxyl groups is 1. The normalized spacial score (nSPS) is 8.10. The van der Waals surface area contributed by atoms with Crippen molar-refractivity contribution in [3.63, 3.8) is 0 Å². The summed E-state index contributed by atoms with van der Waals surface area (Å²) >= 11 is 0. The van der Waals surface area contributed by atoms with Crippen LogP contribution in [0.25, 0.3) is 0 Å². The van der Waals surface area contributed by atoms with E-state index in [4.69, 9.17) is 57.8 Å². The van der Waals surface area contributed by atoms with Gasteiger partial charge in [-0.3, -0.25) is 14.4 Å². The summed E-state index contributed by atoms with van der Waals surface area (Å²) in [5.74, 6) is 3.00. The molecule has 112 heavy (non-hydrogen) atoms. The second-order valence-electron chi connectivity index (χ2n) is 18.9. The van der Waals surface area contributed by atoms with E-state index in [2.05, 4.69) is 191 Å². The van der Waals surface area contributed by atoms with Crippen LogP contribution in [-0.2, 0) is 86.4 Å². The van der Waals surface area contributed by atoms with Crippen LogP contribution in [0.15, 0.2) is 91.0 Å². The van der Waals surface area contributed by atoms with Gasteiger partial charge < -0.3 is 138 Å². The number of nitrogens with two attached hydrogens (primary N) is 7. The molecule has 3 amide bonds. The molecule has 0 radical (unpaired) electrons. The Labute approximate surface area is 690 Å². The molecule has 0 aliphatic carbocycles. The number of nitrogens with one attached hydrogen (secondary N) is 1. The third-order valence-electron chi connectivity index (χ3n) is 10.7. The van der Waals surface area contributed by atoms with Gasteiger partial charge >= 0.3 is 0 Å². The fraction of sp³-hybridized carbons (Fsp3) is 0.614. The number of nitrogens with zero attached hydrogens (tertiary/aromatic N) is 2. The van der Waals surface area contributed by atoms with Crippen LogP contribution in [0.2, 0.25) is 0 Å². The molecule has 29 heteroatoms. The zero-order chi connectivity index (χ0) is 93.5. The molecule has 0 aromatic heterocycles. The van der Waals surface area contributed by atoms with Crippen LogP contribution in [0.1, 0.15) is 228 Å². The summed E-state index contributed by atoms with van der Waals surface area (Å²) in [5.41, 5.74) is 35.3. The van der Waals surface area contributed by atoms with Crippen molar-refractivity contribution in [2.45, 2.75) is 249 Å². The Balaban J connectivity index is -0.0000000257. The van der Waals surface area contributed by atoms with Crippen LogP contribution in [0.5, 0.6) is 0 Å². The van der Waals surface area contributed by atoms with E-state index >= 15 is 0 Å². The summed E-state index contributed by atoms with van der Waals surface area (Å²) in [6.45, 7) is 73.0. The number of hydrogen-bond donors (Lipinski definition) is 13. The predicted molar refractivity (Wildman–Crippen MR) is 493 cm³/mol. The van der Waals surface area contributed by atoms with Gasteiger partial charge in [0.15, 0.2) is 0 Å². The molecule has 1 aliphatic rings. The Morgan fingerprint density at radius 1 is 0.375 bits per heavy atom. The Bertz CT molecular complexity index is 1640. The molecule has 28 N–H and O–H groups in total. The van der Waals surface area contributed by atoms with Gasteiger partial charge in [0, 0.05) is 39.6 Å². The van der Waals surface area contributed by atoms with E-state index < -0.39 is 12.1 Å². The van der Waals surface area contributed by atoms with Crippen LogP contribution < -0.4 is 70.1 Å². The van der Waals surface area contributed by atoms with Crippen molar-refractivity contribution in [1.29, 1.82) is 0 Å². The minimum absolute atomic E-state index is 0. The van der Waals surface area contributed by atoms with E-state index in [1.165, 1.54) is 98.0 Å². The fourth-order valence-corrected chi connectivity index (χ4v) is 4.65. The molecular formula is C83H192N14O15. The van der Waals surface area contributed by atoms with E-state index in [1.54, 1.807) is 27.8 Å². The molecule has 1 saturated heterocycles. The zero-order valence-electron chi connectivity index (χ0n) is 78.4. The number of piperidine rings is 1. The molecule has 0 saturated carbocycles. The SMILES string of the molecule is C=O.C=O.C=O.C=O.C=O.C=O.C=O.C=O.C=O.C=O.C=O.CC.CC.CC.CC(=O)N(C)[C@@H](Cc1ccccc1)C(=O)N[C@@H](C)C(=O)N1CCCCC1.CC(C)O.CCC(C)C.CCC(C)C.CCC(C)C.CCC(C)C.CCc1ccccc1.CCc1ccccc1.CN.CN.CN.CN.CN.CN.CN.N.N.N.N. The highest BCUT2D eigenvalue weighted by Gasteiger charge is 2.29. The molecule has 1 fully saturated rings. The number of likely N-dealkylation sites (tertiary alicyclic amines) is 1. The van der Waals surface area contributed by atoms with Crippen molar-refractivity contribution in [3.05, 3.63) is 108 Å². The van der Waals surface area contributed by atoms with Crippen LogP contribution in [-0.4, -0.2) is 195 Å². The number of hydrogen-bond acceptors (Lipinski definition) is 26. The lowest BCUT2D eigenvalue weighted by atomic mass is 10.0. The van der Waals surface area contributed by atoms with Crippen LogP contribution >= 0.6 is 0 Å². The van der Waals surface area contributed by atoms with Gasteiger partial charge in [0.1, 0.15) is 86.8 Å². The van der Waals surface area contributed by atoms with E-state index in [1.807, 2.05) is 164 Å². The standard InChI is InChI=1S/C20H29N3O3.2C8H10.4C5H12.C3H8O.3C2H6.7CH5N.11CH2O.4H3N/c1-15(20(26)23-12-8-5-9-13-23)21-19(25)18(22(3)16(2)24)14-17-10-6-4-7-11-17;2*1-2-8-6-4-3-5-7-8;4*1-4-5(2)3;1-3(2)4;21*1-2;;;;/h4,6-7,10-11,15,18H,5,8-9,12-14H2,1-3H3,(H,21,25);2*3-7H,2H2,1H3;4*5H,4H2,1-3H3;3-4H,1-2H3;3*1-2H3;7*2H2,1H3;11*1H2;4*1H3/t15-,18-;;;;;;;;;;;;;;;;;;;;;;;;;;;;;;;;/m0................................/s1. The number of aryl methyl sites for hydroxylation is 2. The van der Waals surface area contributed by atoms with Gasteiger partial charge in [-0.25, -0.2) is 0 Å². The first kappa shape index (κ1) is 196. The lowest BCUT2D eigenvalue weighted by molar-refractivity contribution is -0.140. The van der Waals surface area contributed by atoms with E-state index in [0.717, 1.165) is 74.4 Å². The molecular weight excluding hydrogens is 1430 g/mol. The fourth-order valence-electron chi connectivity index (χ4n) is 4.65. The topological polar surface area (TPSA) is 600 Å². The highest BCUT2D eigenvalue weighted by molar-refractivity contribution is 5.91. The van der Waals surface area contributed by atoms with Crippen molar-refractivity contribution in [1.82, 2.24) is 39.7 Å². The zero-order valence-corrected chi connectivity index (χ0v) is 78.4. The lowest BCUT2D eigenvalue weighted by Crippen LogP contribution is -2.54. The number of amides is 3. The quantitative estimate of drug-likeness (QED) is 0.0801. The third kappa shape index (κ3) is 254. The minimum atomic E-state index is -0.647. The average Bonchev–Trinajstić information content (AvgIpc) is 0.851. The minimum Gasteiger partial charge on any atom is -0.394 e. The summed E-state index contributed by atoms with van der Waals surface area (Å²) in [6, 6.07) is 29.2. The Hall–Kier alpha value is -8.04. The molecule has 0 bridgehead atoms. The first-order valence-corrected chi connectivity index (χ1v) is 35.9. The number of rotatable bonds is 12. The monoisotopic (exact) mass is 1630 g/mol. The first-order valence-electron chi connectivity index (χ1n) is 35.9. The smallest absolute Gasteiger partial charge is 0.244 e. The van der Waals surface area contributed by atoms with Gasteiger partial charge in [-0.1, -0.05) is 255 Å². The molecule has 4 rings (SSSR count). The second kappa shape index (κ2) is 254. The van der Waals surface area contributed by atoms with E-state index in [0.29, 0.717) is 6.42 Å². The number of carbonyl (C=O) groups is 14. The number of aliphatic hydroxyl groups excluding tert-OH is 1. The van der Waals surface area contributed by atoms with Crippen molar-refractivity contribution in [3.8, 4) is 0 Å². The van der Waals surface area contributed by atoms with Gasteiger partial charge in [0.25, 0.3) is 0 Å². The summed E-state index contributed by atoms with van der Waals surface area (Å²) in [7, 11) is 12.1. The Morgan fingerprint density at radius 3 is 0.688 bits per heavy atom. The van der Waals surface area contributed by atoms with Gasteiger partial charge in [0.2, 0.25) is 17.7 Å². The maximum Gasteiger partial charge on any atom is 0.244 e. The average molecular weight is 1630 g/mol. The van der Waals surface area contributed by atoms with Crippen molar-refractivity contribution < 1.29 is 72.2 Å². The third-order valence-corrected chi connectivity index (χ3v) is 10.7. The molecule has 3 aromatic carbocycles. The summed E-state index contributed by atoms with van der Waals surface area (Å²) in [5, 5.41) is 10.9. The summed E-state index contributed by atoms with van der Waals surface area (Å²) in [6.07, 6.45) is 10.9. The molecule has 2 atom stereocenters. The molecule has 1 heterocycles. The maximum absolute atomic E-state index is 12.8.